The van der Waals surface area contributed by atoms with Gasteiger partial charge in [-0.15, -0.1) is 0 Å². The zero-order valence-electron chi connectivity index (χ0n) is 19.6. The number of ether oxygens (including phenoxy) is 1. The van der Waals surface area contributed by atoms with Gasteiger partial charge in [-0.2, -0.15) is 0 Å². The van der Waals surface area contributed by atoms with Gasteiger partial charge in [0.1, 0.15) is 11.6 Å². The third kappa shape index (κ3) is 3.78. The Morgan fingerprint density at radius 2 is 1.56 bits per heavy atom. The lowest BCUT2D eigenvalue weighted by atomic mass is 10.1. The maximum absolute atomic E-state index is 13.5. The average molecular weight is 502 g/mol. The van der Waals surface area contributed by atoms with Crippen molar-refractivity contribution in [2.24, 2.45) is 0 Å². The van der Waals surface area contributed by atoms with Gasteiger partial charge in [-0.05, 0) is 50.6 Å². The van der Waals surface area contributed by atoms with Crippen LogP contribution in [-0.4, -0.2) is 28.7 Å². The van der Waals surface area contributed by atoms with Crippen LogP contribution in [0, 0.1) is 13.8 Å². The van der Waals surface area contributed by atoms with E-state index in [-0.39, 0.29) is 33.6 Å². The van der Waals surface area contributed by atoms with E-state index in [0.717, 1.165) is 10.5 Å². The predicted molar refractivity (Wildman–Crippen MR) is 134 cm³/mol. The minimum atomic E-state index is -1.29. The molecule has 2 amide bonds. The molecule has 1 unspecified atom stereocenters. The molecule has 5 rings (SSSR count). The summed E-state index contributed by atoms with van der Waals surface area (Å²) in [6, 6.07) is 15.3. The fourth-order valence-electron chi connectivity index (χ4n) is 4.14. The van der Waals surface area contributed by atoms with E-state index >= 15 is 0 Å². The van der Waals surface area contributed by atoms with Crippen LogP contribution >= 0.6 is 11.6 Å². The largest absolute Gasteiger partial charge is 0.452 e. The number of esters is 1. The molecule has 0 saturated carbocycles. The molecule has 0 fully saturated rings. The molecule has 0 aliphatic carbocycles. The maximum atomic E-state index is 13.5. The van der Waals surface area contributed by atoms with Gasteiger partial charge in [0.05, 0.1) is 16.5 Å². The summed E-state index contributed by atoms with van der Waals surface area (Å²) in [6.07, 6.45) is 0. The minimum Gasteiger partial charge on any atom is -0.452 e. The summed E-state index contributed by atoms with van der Waals surface area (Å²) >= 11 is 6.23. The molecular weight excluding hydrogens is 482 g/mol. The monoisotopic (exact) mass is 501 g/mol. The van der Waals surface area contributed by atoms with Gasteiger partial charge < -0.3 is 9.15 Å². The number of nitrogens with zero attached hydrogens (tertiary/aromatic N) is 1. The van der Waals surface area contributed by atoms with Crippen LogP contribution in [0.15, 0.2) is 69.9 Å². The molecule has 1 atom stereocenters. The van der Waals surface area contributed by atoms with Crippen molar-refractivity contribution >= 4 is 40.4 Å². The van der Waals surface area contributed by atoms with E-state index in [9.17, 15) is 19.2 Å². The first-order valence-corrected chi connectivity index (χ1v) is 11.6. The lowest BCUT2D eigenvalue weighted by Gasteiger charge is -2.21. The molecule has 0 N–H and O–H groups in total. The van der Waals surface area contributed by atoms with Gasteiger partial charge in [-0.3, -0.25) is 19.3 Å². The maximum Gasteiger partial charge on any atom is 0.334 e. The molecule has 7 nitrogen and oxygen atoms in total. The Morgan fingerprint density at radius 1 is 0.944 bits per heavy atom. The summed E-state index contributed by atoms with van der Waals surface area (Å²) in [5.74, 6) is -2.46. The first-order chi connectivity index (χ1) is 17.2. The number of carbonyl (C=O) groups is 3. The van der Waals surface area contributed by atoms with Crippen LogP contribution in [0.3, 0.4) is 0 Å². The highest BCUT2D eigenvalue weighted by atomic mass is 35.5. The van der Waals surface area contributed by atoms with Crippen molar-refractivity contribution < 1.29 is 23.5 Å². The van der Waals surface area contributed by atoms with Crippen LogP contribution in [0.25, 0.3) is 22.3 Å². The number of aryl methyl sites for hydroxylation is 2. The predicted octanol–water partition coefficient (Wildman–Crippen LogP) is 5.32. The molecule has 36 heavy (non-hydrogen) atoms. The van der Waals surface area contributed by atoms with Crippen molar-refractivity contribution in [2.75, 3.05) is 0 Å². The Kier molecular flexibility index (Phi) is 5.73. The van der Waals surface area contributed by atoms with Crippen molar-refractivity contribution in [1.29, 1.82) is 0 Å². The van der Waals surface area contributed by atoms with E-state index in [2.05, 4.69) is 0 Å². The Hall–Kier alpha value is -4.23. The quantitative estimate of drug-likeness (QED) is 0.277. The summed E-state index contributed by atoms with van der Waals surface area (Å²) in [4.78, 5) is 53.2. The molecule has 0 radical (unpaired) electrons. The van der Waals surface area contributed by atoms with E-state index in [1.165, 1.54) is 25.1 Å². The zero-order chi connectivity index (χ0) is 25.7. The molecule has 180 valence electrons. The Morgan fingerprint density at radius 3 is 2.17 bits per heavy atom. The zero-order valence-corrected chi connectivity index (χ0v) is 20.4. The molecule has 1 aromatic heterocycles. The number of fused-ring (bicyclic) bond motifs is 2. The van der Waals surface area contributed by atoms with Crippen LogP contribution in [0.1, 0.15) is 38.8 Å². The first-order valence-electron chi connectivity index (χ1n) is 11.2. The molecular formula is C28H20ClNO6. The van der Waals surface area contributed by atoms with Crippen molar-refractivity contribution in [3.63, 3.8) is 0 Å². The summed E-state index contributed by atoms with van der Waals surface area (Å²) in [6.45, 7) is 5.07. The number of carbonyl (C=O) groups excluding carboxylic acids is 3. The molecule has 0 bridgehead atoms. The van der Waals surface area contributed by atoms with E-state index in [1.807, 2.05) is 19.1 Å². The smallest absolute Gasteiger partial charge is 0.334 e. The molecule has 4 aromatic rings. The third-order valence-electron chi connectivity index (χ3n) is 6.20. The Balaban J connectivity index is 1.59. The molecule has 3 aromatic carbocycles. The second-order valence-corrected chi connectivity index (χ2v) is 9.08. The van der Waals surface area contributed by atoms with E-state index in [1.54, 1.807) is 37.3 Å². The van der Waals surface area contributed by atoms with E-state index in [0.29, 0.717) is 16.1 Å². The average Bonchev–Trinajstić information content (AvgIpc) is 3.12. The van der Waals surface area contributed by atoms with Crippen LogP contribution in [-0.2, 0) is 4.79 Å². The summed E-state index contributed by atoms with van der Waals surface area (Å²) in [7, 11) is 0. The van der Waals surface area contributed by atoms with Crippen LogP contribution < -0.4 is 10.2 Å². The molecule has 0 spiro atoms. The van der Waals surface area contributed by atoms with Gasteiger partial charge in [0.25, 0.3) is 11.8 Å². The van der Waals surface area contributed by atoms with Gasteiger partial charge in [0, 0.05) is 10.6 Å². The molecule has 1 aliphatic rings. The van der Waals surface area contributed by atoms with Gasteiger partial charge in [0.2, 0.25) is 11.2 Å². The first kappa shape index (κ1) is 23.5. The molecule has 1 aliphatic heterocycles. The number of hydrogen-bond acceptors (Lipinski definition) is 6. The van der Waals surface area contributed by atoms with Gasteiger partial charge in [-0.25, -0.2) is 4.79 Å². The van der Waals surface area contributed by atoms with Crippen molar-refractivity contribution in [3.05, 3.63) is 98.2 Å². The molecule has 2 heterocycles. The number of amides is 2. The number of hydrogen-bond donors (Lipinski definition) is 0. The standard InChI is InChI=1S/C28H20ClNO6/c1-14-8-10-17(11-9-14)24-25(23(31)20-13-21(29)15(2)12-22(20)35-24)36-28(34)16(3)30-26(32)18-6-4-5-7-19(18)27(30)33/h4-13,16H,1-3H3. The van der Waals surface area contributed by atoms with Crippen LogP contribution in [0.5, 0.6) is 5.75 Å². The summed E-state index contributed by atoms with van der Waals surface area (Å²) in [5.41, 5.74) is 2.31. The number of halogens is 1. The summed E-state index contributed by atoms with van der Waals surface area (Å²) in [5, 5.41) is 0.493. The Bertz CT molecular complexity index is 1600. The lowest BCUT2D eigenvalue weighted by Crippen LogP contribution is -2.45. The SMILES string of the molecule is Cc1ccc(-c2oc3cc(C)c(Cl)cc3c(=O)c2OC(=O)C(C)N2C(=O)c3ccccc3C2=O)cc1. The topological polar surface area (TPSA) is 93.9 Å². The van der Waals surface area contributed by atoms with Gasteiger partial charge >= 0.3 is 5.97 Å². The van der Waals surface area contributed by atoms with Crippen LogP contribution in [0.2, 0.25) is 5.02 Å². The number of benzene rings is 3. The Labute approximate surface area is 210 Å². The van der Waals surface area contributed by atoms with E-state index < -0.39 is 29.3 Å². The molecule has 8 heteroatoms. The lowest BCUT2D eigenvalue weighted by molar-refractivity contribution is -0.138. The van der Waals surface area contributed by atoms with Gasteiger partial charge in [0.15, 0.2) is 5.76 Å². The van der Waals surface area contributed by atoms with Crippen molar-refractivity contribution in [2.45, 2.75) is 26.8 Å². The van der Waals surface area contributed by atoms with Gasteiger partial charge in [-0.1, -0.05) is 53.6 Å². The number of imide groups is 1. The van der Waals surface area contributed by atoms with E-state index in [4.69, 9.17) is 20.8 Å². The highest BCUT2D eigenvalue weighted by molar-refractivity contribution is 6.32. The second-order valence-electron chi connectivity index (χ2n) is 8.68. The highest BCUT2D eigenvalue weighted by Crippen LogP contribution is 2.34. The second kappa shape index (κ2) is 8.77. The van der Waals surface area contributed by atoms with Crippen LogP contribution in [0.4, 0.5) is 0 Å². The molecule has 0 saturated heterocycles. The minimum absolute atomic E-state index is 0.0529. The van der Waals surface area contributed by atoms with Crippen molar-refractivity contribution in [1.82, 2.24) is 4.90 Å². The number of rotatable bonds is 4. The normalized spacial score (nSPS) is 13.7. The fraction of sp³-hybridized carbons (Fsp3) is 0.143. The van der Waals surface area contributed by atoms with Crippen molar-refractivity contribution in [3.8, 4) is 17.1 Å². The highest BCUT2D eigenvalue weighted by Gasteiger charge is 2.41. The fourth-order valence-corrected chi connectivity index (χ4v) is 4.30. The summed E-state index contributed by atoms with van der Waals surface area (Å²) < 4.78 is 11.6. The third-order valence-corrected chi connectivity index (χ3v) is 6.61.